The van der Waals surface area contributed by atoms with Gasteiger partial charge in [-0.1, -0.05) is 11.3 Å². The average Bonchev–Trinajstić information content (AvgIpc) is 2.55. The number of hydrogen-bond donors (Lipinski definition) is 3. The summed E-state index contributed by atoms with van der Waals surface area (Å²) in [5.41, 5.74) is 6.86. The molecule has 1 amide bonds. The second kappa shape index (κ2) is 5.86. The van der Waals surface area contributed by atoms with Gasteiger partial charge in [0.15, 0.2) is 0 Å². The third kappa shape index (κ3) is 3.54. The van der Waals surface area contributed by atoms with Crippen LogP contribution >= 0.6 is 23.7 Å². The van der Waals surface area contributed by atoms with Crippen molar-refractivity contribution >= 4 is 34.8 Å². The van der Waals surface area contributed by atoms with Gasteiger partial charge in [-0.3, -0.25) is 10.1 Å². The highest BCUT2D eigenvalue weighted by Gasteiger charge is 2.19. The van der Waals surface area contributed by atoms with Crippen LogP contribution in [0.4, 0.5) is 5.13 Å². The molecule has 80 valence electrons. The van der Waals surface area contributed by atoms with Crippen molar-refractivity contribution in [3.63, 3.8) is 0 Å². The fourth-order valence-electron chi connectivity index (χ4n) is 0.635. The molecule has 1 unspecified atom stereocenters. The minimum atomic E-state index is -0.941. The Morgan fingerprint density at radius 3 is 2.86 bits per heavy atom. The SMILES string of the molecule is CC(O)[C@H](N)C(=O)Nc1nncs1.Cl. The predicted molar refractivity (Wildman–Crippen MR) is 55.4 cm³/mol. The fourth-order valence-corrected chi connectivity index (χ4v) is 1.08. The molecule has 14 heavy (non-hydrogen) atoms. The summed E-state index contributed by atoms with van der Waals surface area (Å²) in [4.78, 5) is 11.2. The van der Waals surface area contributed by atoms with Gasteiger partial charge in [0.25, 0.3) is 0 Å². The van der Waals surface area contributed by atoms with Gasteiger partial charge in [0.2, 0.25) is 11.0 Å². The van der Waals surface area contributed by atoms with E-state index in [0.29, 0.717) is 5.13 Å². The van der Waals surface area contributed by atoms with Crippen molar-refractivity contribution < 1.29 is 9.90 Å². The normalized spacial score (nSPS) is 13.9. The molecule has 1 rings (SSSR count). The Balaban J connectivity index is 0.00000169. The van der Waals surface area contributed by atoms with Gasteiger partial charge < -0.3 is 10.8 Å². The van der Waals surface area contributed by atoms with Crippen LogP contribution in [0.1, 0.15) is 6.92 Å². The van der Waals surface area contributed by atoms with E-state index < -0.39 is 18.1 Å². The van der Waals surface area contributed by atoms with E-state index in [1.807, 2.05) is 0 Å². The second-order valence-electron chi connectivity index (χ2n) is 2.50. The van der Waals surface area contributed by atoms with Gasteiger partial charge in [-0.15, -0.1) is 22.6 Å². The number of halogens is 1. The van der Waals surface area contributed by atoms with E-state index in [9.17, 15) is 4.79 Å². The maximum atomic E-state index is 11.2. The summed E-state index contributed by atoms with van der Waals surface area (Å²) < 4.78 is 0. The molecule has 0 saturated heterocycles. The predicted octanol–water partition coefficient (Wildman–Crippen LogP) is -0.394. The lowest BCUT2D eigenvalue weighted by atomic mass is 10.2. The highest BCUT2D eigenvalue weighted by molar-refractivity contribution is 7.13. The number of hydrogen-bond acceptors (Lipinski definition) is 6. The van der Waals surface area contributed by atoms with Crippen LogP contribution in [0.2, 0.25) is 0 Å². The van der Waals surface area contributed by atoms with E-state index >= 15 is 0 Å². The van der Waals surface area contributed by atoms with Crippen molar-refractivity contribution in [2.45, 2.75) is 19.1 Å². The summed E-state index contributed by atoms with van der Waals surface area (Å²) in [6, 6.07) is -0.941. The zero-order valence-corrected chi connectivity index (χ0v) is 9.01. The molecule has 8 heteroatoms. The first-order chi connectivity index (χ1) is 6.11. The molecule has 6 nitrogen and oxygen atoms in total. The highest BCUT2D eigenvalue weighted by Crippen LogP contribution is 2.08. The highest BCUT2D eigenvalue weighted by atomic mass is 35.5. The average molecular weight is 239 g/mol. The Bertz CT molecular complexity index is 279. The van der Waals surface area contributed by atoms with Crippen LogP contribution in [0.3, 0.4) is 0 Å². The number of aliphatic hydroxyl groups excluding tert-OH is 1. The van der Waals surface area contributed by atoms with Gasteiger partial charge in [0.1, 0.15) is 11.6 Å². The zero-order chi connectivity index (χ0) is 9.84. The van der Waals surface area contributed by atoms with Gasteiger partial charge in [0.05, 0.1) is 6.10 Å². The van der Waals surface area contributed by atoms with Gasteiger partial charge in [-0.2, -0.15) is 0 Å². The Morgan fingerprint density at radius 1 is 1.79 bits per heavy atom. The molecule has 1 aromatic heterocycles. The minimum absolute atomic E-state index is 0. The molecular weight excluding hydrogens is 228 g/mol. The standard InChI is InChI=1S/C6H10N4O2S.ClH/c1-3(11)4(7)5(12)9-6-10-8-2-13-6;/h2-4,11H,7H2,1H3,(H,9,10,12);1H/t3?,4-;/m0./s1. The molecule has 0 aliphatic heterocycles. The lowest BCUT2D eigenvalue weighted by Gasteiger charge is -2.12. The quantitative estimate of drug-likeness (QED) is 0.666. The Hall–Kier alpha value is -0.760. The van der Waals surface area contributed by atoms with E-state index in [1.54, 1.807) is 0 Å². The number of nitrogens with two attached hydrogens (primary N) is 1. The number of nitrogens with zero attached hydrogens (tertiary/aromatic N) is 2. The number of amides is 1. The molecule has 0 radical (unpaired) electrons. The lowest BCUT2D eigenvalue weighted by Crippen LogP contribution is -2.43. The van der Waals surface area contributed by atoms with E-state index in [4.69, 9.17) is 10.8 Å². The van der Waals surface area contributed by atoms with Crippen LogP contribution in [0.15, 0.2) is 5.51 Å². The molecule has 2 atom stereocenters. The molecule has 0 aliphatic rings. The maximum Gasteiger partial charge on any atom is 0.245 e. The van der Waals surface area contributed by atoms with E-state index in [-0.39, 0.29) is 12.4 Å². The van der Waals surface area contributed by atoms with Gasteiger partial charge >= 0.3 is 0 Å². The summed E-state index contributed by atoms with van der Waals surface area (Å²) >= 11 is 1.19. The molecule has 0 bridgehead atoms. The van der Waals surface area contributed by atoms with Crippen LogP contribution in [0, 0.1) is 0 Å². The van der Waals surface area contributed by atoms with Crippen LogP contribution in [-0.4, -0.2) is 33.4 Å². The first-order valence-electron chi connectivity index (χ1n) is 3.62. The lowest BCUT2D eigenvalue weighted by molar-refractivity contribution is -0.119. The fraction of sp³-hybridized carbons (Fsp3) is 0.500. The van der Waals surface area contributed by atoms with E-state index in [2.05, 4.69) is 15.5 Å². The molecule has 0 aromatic carbocycles. The zero-order valence-electron chi connectivity index (χ0n) is 7.38. The summed E-state index contributed by atoms with van der Waals surface area (Å²) in [7, 11) is 0. The van der Waals surface area contributed by atoms with Crippen LogP contribution in [0.5, 0.6) is 0 Å². The number of nitrogens with one attached hydrogen (secondary N) is 1. The number of rotatable bonds is 3. The number of aliphatic hydroxyl groups is 1. The molecule has 0 aliphatic carbocycles. The van der Waals surface area contributed by atoms with E-state index in [0.717, 1.165) is 0 Å². The third-order valence-corrected chi connectivity index (χ3v) is 2.02. The van der Waals surface area contributed by atoms with Crippen molar-refractivity contribution in [1.82, 2.24) is 10.2 Å². The Morgan fingerprint density at radius 2 is 2.43 bits per heavy atom. The topological polar surface area (TPSA) is 101 Å². The Labute approximate surface area is 90.9 Å². The van der Waals surface area contributed by atoms with Crippen molar-refractivity contribution in [3.8, 4) is 0 Å². The van der Waals surface area contributed by atoms with Gasteiger partial charge in [-0.25, -0.2) is 0 Å². The summed E-state index contributed by atoms with van der Waals surface area (Å²) in [6.45, 7) is 1.45. The number of carbonyl (C=O) groups excluding carboxylic acids is 1. The van der Waals surface area contributed by atoms with Crippen LogP contribution < -0.4 is 11.1 Å². The molecule has 1 aromatic rings. The van der Waals surface area contributed by atoms with Crippen molar-refractivity contribution in [3.05, 3.63) is 5.51 Å². The Kier molecular flexibility index (Phi) is 5.55. The van der Waals surface area contributed by atoms with E-state index in [1.165, 1.54) is 23.8 Å². The smallest absolute Gasteiger partial charge is 0.245 e. The molecule has 0 saturated carbocycles. The molecule has 4 N–H and O–H groups in total. The van der Waals surface area contributed by atoms with Crippen LogP contribution in [0.25, 0.3) is 0 Å². The van der Waals surface area contributed by atoms with Crippen molar-refractivity contribution in [1.29, 1.82) is 0 Å². The number of carbonyl (C=O) groups is 1. The summed E-state index contributed by atoms with van der Waals surface area (Å²) in [5.74, 6) is -0.466. The van der Waals surface area contributed by atoms with Gasteiger partial charge in [0, 0.05) is 0 Å². The molecule has 0 spiro atoms. The van der Waals surface area contributed by atoms with Crippen molar-refractivity contribution in [2.24, 2.45) is 5.73 Å². The number of anilines is 1. The second-order valence-corrected chi connectivity index (χ2v) is 3.33. The first kappa shape index (κ1) is 13.2. The summed E-state index contributed by atoms with van der Waals surface area (Å²) in [6.07, 6.45) is -0.882. The third-order valence-electron chi connectivity index (χ3n) is 1.41. The van der Waals surface area contributed by atoms with Gasteiger partial charge in [-0.05, 0) is 6.92 Å². The maximum absolute atomic E-state index is 11.2. The monoisotopic (exact) mass is 238 g/mol. The number of aromatic nitrogens is 2. The van der Waals surface area contributed by atoms with Crippen LogP contribution in [-0.2, 0) is 4.79 Å². The first-order valence-corrected chi connectivity index (χ1v) is 4.50. The molecule has 1 heterocycles. The molecular formula is C6H11ClN4O2S. The molecule has 0 fully saturated rings. The summed E-state index contributed by atoms with van der Waals surface area (Å²) in [5, 5.41) is 18.9. The van der Waals surface area contributed by atoms with Crippen molar-refractivity contribution in [2.75, 3.05) is 5.32 Å². The largest absolute Gasteiger partial charge is 0.391 e. The minimum Gasteiger partial charge on any atom is -0.391 e.